The molecule has 0 atom stereocenters. The van der Waals surface area contributed by atoms with E-state index in [0.717, 1.165) is 29.5 Å². The van der Waals surface area contributed by atoms with E-state index < -0.39 is 0 Å². The molecule has 1 heteroatoms. The molecule has 0 N–H and O–H groups in total. The molecule has 0 aliphatic heterocycles. The molecule has 2 aromatic rings. The number of ketones is 1. The lowest BCUT2D eigenvalue weighted by Gasteiger charge is -2.05. The Kier molecular flexibility index (Phi) is 2.32. The number of aryl methyl sites for hydroxylation is 3. The summed E-state index contributed by atoms with van der Waals surface area (Å²) in [6, 6.07) is 14.1. The van der Waals surface area contributed by atoms with E-state index >= 15 is 0 Å². The van der Waals surface area contributed by atoms with Crippen molar-refractivity contribution in [2.45, 2.75) is 19.8 Å². The highest BCUT2D eigenvalue weighted by atomic mass is 16.1. The summed E-state index contributed by atoms with van der Waals surface area (Å²) in [5.41, 5.74) is 5.26. The molecule has 1 aliphatic carbocycles. The van der Waals surface area contributed by atoms with Crippen molar-refractivity contribution >= 4 is 5.78 Å². The van der Waals surface area contributed by atoms with Gasteiger partial charge in [0, 0.05) is 11.1 Å². The van der Waals surface area contributed by atoms with Gasteiger partial charge in [-0.2, -0.15) is 0 Å². The molecule has 84 valence electrons. The molecule has 0 saturated carbocycles. The minimum absolute atomic E-state index is 0.178. The highest BCUT2D eigenvalue weighted by molar-refractivity contribution is 6.11. The molecular formula is C16H14O. The molecule has 3 rings (SSSR count). The predicted octanol–water partition coefficient (Wildman–Crippen LogP) is 3.32. The highest BCUT2D eigenvalue weighted by Crippen LogP contribution is 2.24. The van der Waals surface area contributed by atoms with Gasteiger partial charge in [0.05, 0.1) is 0 Å². The van der Waals surface area contributed by atoms with Crippen LogP contribution in [0.5, 0.6) is 0 Å². The Bertz CT molecular complexity index is 596. The van der Waals surface area contributed by atoms with Crippen LogP contribution in [0.25, 0.3) is 0 Å². The second-order valence-electron chi connectivity index (χ2n) is 4.65. The molecule has 0 radical (unpaired) electrons. The molecule has 0 unspecified atom stereocenters. The molecule has 1 aliphatic rings. The van der Waals surface area contributed by atoms with Crippen molar-refractivity contribution in [1.29, 1.82) is 0 Å². The van der Waals surface area contributed by atoms with E-state index in [4.69, 9.17) is 0 Å². The Morgan fingerprint density at radius 1 is 0.882 bits per heavy atom. The van der Waals surface area contributed by atoms with Gasteiger partial charge < -0.3 is 0 Å². The van der Waals surface area contributed by atoms with Crippen LogP contribution in [0.4, 0.5) is 0 Å². The summed E-state index contributed by atoms with van der Waals surface area (Å²) in [6.07, 6.45) is 1.91. The fourth-order valence-corrected chi connectivity index (χ4v) is 2.49. The largest absolute Gasteiger partial charge is 0.289 e. The number of carbonyl (C=O) groups is 1. The zero-order valence-corrected chi connectivity index (χ0v) is 9.86. The van der Waals surface area contributed by atoms with Crippen LogP contribution < -0.4 is 0 Å². The summed E-state index contributed by atoms with van der Waals surface area (Å²) in [7, 11) is 0. The zero-order valence-electron chi connectivity index (χ0n) is 9.86. The highest BCUT2D eigenvalue weighted by Gasteiger charge is 2.20. The maximum absolute atomic E-state index is 12.5. The van der Waals surface area contributed by atoms with Crippen LogP contribution in [0, 0.1) is 6.92 Å². The van der Waals surface area contributed by atoms with Gasteiger partial charge in [0.15, 0.2) is 5.78 Å². The molecule has 0 amide bonds. The molecule has 0 spiro atoms. The van der Waals surface area contributed by atoms with Crippen molar-refractivity contribution in [3.05, 3.63) is 70.3 Å². The average Bonchev–Trinajstić information content (AvgIpc) is 2.49. The van der Waals surface area contributed by atoms with Gasteiger partial charge in [0.2, 0.25) is 0 Å². The Morgan fingerprint density at radius 3 is 2.41 bits per heavy atom. The zero-order chi connectivity index (χ0) is 11.8. The number of rotatable bonds is 0. The topological polar surface area (TPSA) is 17.1 Å². The quantitative estimate of drug-likeness (QED) is 0.668. The minimum atomic E-state index is 0.178. The Labute approximate surface area is 101 Å². The van der Waals surface area contributed by atoms with Crippen LogP contribution in [0.2, 0.25) is 0 Å². The first-order valence-corrected chi connectivity index (χ1v) is 5.98. The summed E-state index contributed by atoms with van der Waals surface area (Å²) in [5.74, 6) is 0.178. The SMILES string of the molecule is Cc1ccc2c(c1)C(=O)c1ccccc1CC2. The number of benzene rings is 2. The van der Waals surface area contributed by atoms with E-state index in [9.17, 15) is 4.79 Å². The predicted molar refractivity (Wildman–Crippen MR) is 68.5 cm³/mol. The number of hydrogen-bond acceptors (Lipinski definition) is 1. The van der Waals surface area contributed by atoms with Crippen molar-refractivity contribution in [2.24, 2.45) is 0 Å². The summed E-state index contributed by atoms with van der Waals surface area (Å²) in [6.45, 7) is 2.03. The van der Waals surface area contributed by atoms with E-state index in [-0.39, 0.29) is 5.78 Å². The molecule has 17 heavy (non-hydrogen) atoms. The lowest BCUT2D eigenvalue weighted by molar-refractivity contribution is 0.103. The van der Waals surface area contributed by atoms with Crippen LogP contribution >= 0.6 is 0 Å². The van der Waals surface area contributed by atoms with Crippen LogP contribution in [0.3, 0.4) is 0 Å². The standard InChI is InChI=1S/C16H14O/c1-11-6-7-13-9-8-12-4-2-3-5-14(12)16(17)15(13)10-11/h2-7,10H,8-9H2,1H3. The molecule has 2 aromatic carbocycles. The van der Waals surface area contributed by atoms with Crippen molar-refractivity contribution in [1.82, 2.24) is 0 Å². The summed E-state index contributed by atoms with van der Waals surface area (Å²) >= 11 is 0. The lowest BCUT2D eigenvalue weighted by Crippen LogP contribution is -2.04. The molecule has 0 saturated heterocycles. The molecule has 1 nitrogen and oxygen atoms in total. The Balaban J connectivity index is 2.22. The first-order valence-electron chi connectivity index (χ1n) is 5.98. The van der Waals surface area contributed by atoms with E-state index in [1.807, 2.05) is 31.2 Å². The summed E-state index contributed by atoms with van der Waals surface area (Å²) < 4.78 is 0. The average molecular weight is 222 g/mol. The van der Waals surface area contributed by atoms with Gasteiger partial charge in [-0.1, -0.05) is 42.0 Å². The number of hydrogen-bond donors (Lipinski definition) is 0. The van der Waals surface area contributed by atoms with Gasteiger partial charge in [0.25, 0.3) is 0 Å². The van der Waals surface area contributed by atoms with Gasteiger partial charge in [-0.3, -0.25) is 4.79 Å². The number of carbonyl (C=O) groups excluding carboxylic acids is 1. The first-order chi connectivity index (χ1) is 8.25. The van der Waals surface area contributed by atoms with Gasteiger partial charge >= 0.3 is 0 Å². The third kappa shape index (κ3) is 1.68. The Hall–Kier alpha value is -1.89. The van der Waals surface area contributed by atoms with Crippen molar-refractivity contribution < 1.29 is 4.79 Å². The molecule has 0 heterocycles. The monoisotopic (exact) mass is 222 g/mol. The summed E-state index contributed by atoms with van der Waals surface area (Å²) in [5, 5.41) is 0. The fourth-order valence-electron chi connectivity index (χ4n) is 2.49. The van der Waals surface area contributed by atoms with E-state index in [0.29, 0.717) is 0 Å². The van der Waals surface area contributed by atoms with Gasteiger partial charge in [-0.15, -0.1) is 0 Å². The minimum Gasteiger partial charge on any atom is -0.289 e. The fraction of sp³-hybridized carbons (Fsp3) is 0.188. The summed E-state index contributed by atoms with van der Waals surface area (Å²) in [4.78, 5) is 12.5. The Morgan fingerprint density at radius 2 is 1.59 bits per heavy atom. The lowest BCUT2D eigenvalue weighted by atomic mass is 9.97. The third-order valence-corrected chi connectivity index (χ3v) is 3.44. The second-order valence-corrected chi connectivity index (χ2v) is 4.65. The van der Waals surface area contributed by atoms with Gasteiger partial charge in [-0.05, 0) is 37.0 Å². The molecule has 0 bridgehead atoms. The normalized spacial score (nSPS) is 13.8. The van der Waals surface area contributed by atoms with Crippen molar-refractivity contribution in [2.75, 3.05) is 0 Å². The van der Waals surface area contributed by atoms with Gasteiger partial charge in [0.1, 0.15) is 0 Å². The van der Waals surface area contributed by atoms with E-state index in [1.54, 1.807) is 0 Å². The van der Waals surface area contributed by atoms with Crippen LogP contribution in [0.1, 0.15) is 32.6 Å². The number of fused-ring (bicyclic) bond motifs is 2. The van der Waals surface area contributed by atoms with Crippen LogP contribution in [-0.2, 0) is 12.8 Å². The first kappa shape index (κ1) is 10.3. The van der Waals surface area contributed by atoms with Crippen molar-refractivity contribution in [3.8, 4) is 0 Å². The van der Waals surface area contributed by atoms with Crippen LogP contribution in [0.15, 0.2) is 42.5 Å². The third-order valence-electron chi connectivity index (χ3n) is 3.44. The second kappa shape index (κ2) is 3.85. The van der Waals surface area contributed by atoms with Crippen LogP contribution in [-0.4, -0.2) is 5.78 Å². The molecule has 0 fully saturated rings. The van der Waals surface area contributed by atoms with E-state index in [2.05, 4.69) is 18.2 Å². The molecule has 0 aromatic heterocycles. The van der Waals surface area contributed by atoms with Gasteiger partial charge in [-0.25, -0.2) is 0 Å². The van der Waals surface area contributed by atoms with E-state index in [1.165, 1.54) is 11.1 Å². The smallest absolute Gasteiger partial charge is 0.193 e. The molecular weight excluding hydrogens is 208 g/mol. The maximum Gasteiger partial charge on any atom is 0.193 e. The maximum atomic E-state index is 12.5. The van der Waals surface area contributed by atoms with Crippen molar-refractivity contribution in [3.63, 3.8) is 0 Å².